The predicted molar refractivity (Wildman–Crippen MR) is 120 cm³/mol. The van der Waals surface area contributed by atoms with Crippen molar-refractivity contribution in [3.63, 3.8) is 0 Å². The first-order chi connectivity index (χ1) is 11.9. The third-order valence-corrected chi connectivity index (χ3v) is 7.06. The van der Waals surface area contributed by atoms with E-state index in [9.17, 15) is 8.42 Å². The molecular formula is C18H37IN4O2S. The summed E-state index contributed by atoms with van der Waals surface area (Å²) in [5, 5.41) is 3.20. The molecule has 0 unspecified atom stereocenters. The molecule has 2 fully saturated rings. The molecule has 0 bridgehead atoms. The van der Waals surface area contributed by atoms with Gasteiger partial charge in [-0.3, -0.25) is 4.99 Å². The molecule has 0 aromatic carbocycles. The first-order valence-electron chi connectivity index (χ1n) is 9.78. The van der Waals surface area contributed by atoms with Crippen molar-refractivity contribution in [2.75, 3.05) is 39.5 Å². The van der Waals surface area contributed by atoms with E-state index in [1.807, 2.05) is 7.05 Å². The number of sulfonamides is 1. The fourth-order valence-corrected chi connectivity index (χ4v) is 4.69. The van der Waals surface area contributed by atoms with Crippen molar-refractivity contribution >= 4 is 40.0 Å². The summed E-state index contributed by atoms with van der Waals surface area (Å²) in [5.41, 5.74) is 0. The molecule has 0 atom stereocenters. The molecule has 26 heavy (non-hydrogen) atoms. The van der Waals surface area contributed by atoms with Crippen molar-refractivity contribution in [3.05, 3.63) is 0 Å². The zero-order chi connectivity index (χ0) is 18.3. The lowest BCUT2D eigenvalue weighted by Gasteiger charge is -2.31. The number of rotatable bonds is 8. The lowest BCUT2D eigenvalue weighted by molar-refractivity contribution is 0.250. The first-order valence-corrected chi connectivity index (χ1v) is 11.4. The van der Waals surface area contributed by atoms with Gasteiger partial charge in [-0.05, 0) is 43.4 Å². The van der Waals surface area contributed by atoms with Gasteiger partial charge in [-0.2, -0.15) is 0 Å². The van der Waals surface area contributed by atoms with Crippen LogP contribution in [0.3, 0.4) is 0 Å². The minimum atomic E-state index is -3.20. The number of aliphatic imine (C=N–C) groups is 1. The van der Waals surface area contributed by atoms with Crippen LogP contribution in [-0.4, -0.2) is 58.8 Å². The SMILES string of the molecule is CN=C(NCCS(=O)(=O)NCC1CCC1)N(C)CC1CCC(C)CC1.I. The third kappa shape index (κ3) is 8.29. The highest BCUT2D eigenvalue weighted by molar-refractivity contribution is 14.0. The molecule has 8 heteroatoms. The van der Waals surface area contributed by atoms with Crippen LogP contribution in [-0.2, 0) is 10.0 Å². The Morgan fingerprint density at radius 2 is 1.77 bits per heavy atom. The van der Waals surface area contributed by atoms with E-state index in [1.165, 1.54) is 32.1 Å². The Hall–Kier alpha value is -0.0900. The molecule has 0 aromatic rings. The zero-order valence-electron chi connectivity index (χ0n) is 16.5. The monoisotopic (exact) mass is 500 g/mol. The highest BCUT2D eigenvalue weighted by Crippen LogP contribution is 2.28. The van der Waals surface area contributed by atoms with Gasteiger partial charge in [0.15, 0.2) is 5.96 Å². The summed E-state index contributed by atoms with van der Waals surface area (Å²) in [7, 11) is 0.592. The fraction of sp³-hybridized carbons (Fsp3) is 0.944. The Bertz CT molecular complexity index is 529. The van der Waals surface area contributed by atoms with Gasteiger partial charge < -0.3 is 10.2 Å². The Morgan fingerprint density at radius 3 is 2.31 bits per heavy atom. The summed E-state index contributed by atoms with van der Waals surface area (Å²) < 4.78 is 26.8. The Balaban J connectivity index is 0.00000338. The molecule has 6 nitrogen and oxygen atoms in total. The van der Waals surface area contributed by atoms with Gasteiger partial charge in [-0.1, -0.05) is 26.2 Å². The molecule has 0 amide bonds. The fourth-order valence-electron chi connectivity index (χ4n) is 3.68. The van der Waals surface area contributed by atoms with E-state index in [0.717, 1.165) is 31.3 Å². The molecule has 2 saturated carbocycles. The molecule has 2 aliphatic carbocycles. The third-order valence-electron chi connectivity index (χ3n) is 5.71. The quantitative estimate of drug-likeness (QED) is 0.306. The van der Waals surface area contributed by atoms with Gasteiger partial charge in [0.1, 0.15) is 0 Å². The largest absolute Gasteiger partial charge is 0.355 e. The summed E-state index contributed by atoms with van der Waals surface area (Å²) in [5.74, 6) is 2.99. The standard InChI is InChI=1S/C18H36N4O2S.HI/c1-15-7-9-17(10-8-15)14-22(3)18(19-2)20-11-12-25(23,24)21-13-16-5-4-6-16;/h15-17,21H,4-14H2,1-3H3,(H,19,20);1H. The minimum absolute atomic E-state index is 0. The molecule has 0 heterocycles. The summed E-state index contributed by atoms with van der Waals surface area (Å²) in [6.45, 7) is 4.30. The maximum Gasteiger partial charge on any atom is 0.213 e. The van der Waals surface area contributed by atoms with E-state index in [2.05, 4.69) is 26.9 Å². The minimum Gasteiger partial charge on any atom is -0.355 e. The lowest BCUT2D eigenvalue weighted by Crippen LogP contribution is -2.44. The van der Waals surface area contributed by atoms with Crippen LogP contribution >= 0.6 is 24.0 Å². The van der Waals surface area contributed by atoms with Gasteiger partial charge >= 0.3 is 0 Å². The van der Waals surface area contributed by atoms with E-state index < -0.39 is 10.0 Å². The van der Waals surface area contributed by atoms with E-state index >= 15 is 0 Å². The Morgan fingerprint density at radius 1 is 1.12 bits per heavy atom. The highest BCUT2D eigenvalue weighted by Gasteiger charge is 2.22. The van der Waals surface area contributed by atoms with E-state index in [-0.39, 0.29) is 29.7 Å². The first kappa shape index (κ1) is 23.9. The normalized spacial score (nSPS) is 24.5. The molecule has 2 aliphatic rings. The highest BCUT2D eigenvalue weighted by atomic mass is 127. The number of nitrogens with one attached hydrogen (secondary N) is 2. The molecule has 2 N–H and O–H groups in total. The average Bonchev–Trinajstić information content (AvgIpc) is 2.52. The van der Waals surface area contributed by atoms with Crippen molar-refractivity contribution in [1.29, 1.82) is 0 Å². The van der Waals surface area contributed by atoms with Gasteiger partial charge in [0.25, 0.3) is 0 Å². The number of halogens is 1. The lowest BCUT2D eigenvalue weighted by atomic mass is 9.83. The van der Waals surface area contributed by atoms with E-state index in [1.54, 1.807) is 7.05 Å². The summed E-state index contributed by atoms with van der Waals surface area (Å²) >= 11 is 0. The van der Waals surface area contributed by atoms with Crippen LogP contribution in [0.15, 0.2) is 4.99 Å². The Labute approximate surface area is 177 Å². The molecule has 0 saturated heterocycles. The van der Waals surface area contributed by atoms with Gasteiger partial charge in [-0.25, -0.2) is 13.1 Å². The van der Waals surface area contributed by atoms with Gasteiger partial charge in [0, 0.05) is 33.7 Å². The predicted octanol–water partition coefficient (Wildman–Crippen LogP) is 2.66. The second-order valence-electron chi connectivity index (χ2n) is 7.94. The number of nitrogens with zero attached hydrogens (tertiary/aromatic N) is 2. The van der Waals surface area contributed by atoms with Crippen LogP contribution in [0.4, 0.5) is 0 Å². The second-order valence-corrected chi connectivity index (χ2v) is 9.87. The number of hydrogen-bond acceptors (Lipinski definition) is 3. The molecular weight excluding hydrogens is 463 g/mol. The molecule has 0 radical (unpaired) electrons. The summed E-state index contributed by atoms with van der Waals surface area (Å²) in [6.07, 6.45) is 8.72. The molecule has 0 spiro atoms. The van der Waals surface area contributed by atoms with Crippen molar-refractivity contribution < 1.29 is 8.42 Å². The summed E-state index contributed by atoms with van der Waals surface area (Å²) in [6, 6.07) is 0. The van der Waals surface area contributed by atoms with Crippen molar-refractivity contribution in [2.24, 2.45) is 22.7 Å². The Kier molecular flexibility index (Phi) is 10.8. The number of hydrogen-bond donors (Lipinski definition) is 2. The van der Waals surface area contributed by atoms with Gasteiger partial charge in [0.2, 0.25) is 10.0 Å². The topological polar surface area (TPSA) is 73.8 Å². The van der Waals surface area contributed by atoms with Gasteiger partial charge in [0.05, 0.1) is 5.75 Å². The van der Waals surface area contributed by atoms with E-state index in [0.29, 0.717) is 24.9 Å². The maximum absolute atomic E-state index is 12.1. The number of guanidine groups is 1. The van der Waals surface area contributed by atoms with Crippen LogP contribution in [0.5, 0.6) is 0 Å². The zero-order valence-corrected chi connectivity index (χ0v) is 19.7. The van der Waals surface area contributed by atoms with Crippen LogP contribution in [0.25, 0.3) is 0 Å². The van der Waals surface area contributed by atoms with Crippen molar-refractivity contribution in [1.82, 2.24) is 14.9 Å². The average molecular weight is 500 g/mol. The van der Waals surface area contributed by atoms with Crippen molar-refractivity contribution in [3.8, 4) is 0 Å². The van der Waals surface area contributed by atoms with Crippen LogP contribution in [0.1, 0.15) is 51.9 Å². The van der Waals surface area contributed by atoms with Gasteiger partial charge in [-0.15, -0.1) is 24.0 Å². The molecule has 0 aromatic heterocycles. The molecule has 0 aliphatic heterocycles. The second kappa shape index (κ2) is 11.7. The maximum atomic E-state index is 12.1. The van der Waals surface area contributed by atoms with E-state index in [4.69, 9.17) is 0 Å². The molecule has 2 rings (SSSR count). The smallest absolute Gasteiger partial charge is 0.213 e. The summed E-state index contributed by atoms with van der Waals surface area (Å²) in [4.78, 5) is 6.43. The van der Waals surface area contributed by atoms with Crippen LogP contribution in [0.2, 0.25) is 0 Å². The van der Waals surface area contributed by atoms with Crippen LogP contribution in [0, 0.1) is 17.8 Å². The van der Waals surface area contributed by atoms with Crippen molar-refractivity contribution in [2.45, 2.75) is 51.9 Å². The van der Waals surface area contributed by atoms with Crippen LogP contribution < -0.4 is 10.0 Å². The molecule has 154 valence electrons.